The Balaban J connectivity index is 1.67. The molecule has 0 saturated heterocycles. The van der Waals surface area contributed by atoms with Gasteiger partial charge in [-0.3, -0.25) is 5.43 Å². The van der Waals surface area contributed by atoms with E-state index in [2.05, 4.69) is 10.5 Å². The van der Waals surface area contributed by atoms with E-state index in [0.717, 1.165) is 11.1 Å². The van der Waals surface area contributed by atoms with E-state index < -0.39 is 5.97 Å². The molecule has 160 valence electrons. The van der Waals surface area contributed by atoms with Crippen LogP contribution in [-0.4, -0.2) is 23.9 Å². The molecule has 6 nitrogen and oxygen atoms in total. The summed E-state index contributed by atoms with van der Waals surface area (Å²) in [5.74, 6) is 0.198. The number of carbonyl (C=O) groups is 1. The molecule has 31 heavy (non-hydrogen) atoms. The van der Waals surface area contributed by atoms with E-state index in [4.69, 9.17) is 37.8 Å². The molecule has 3 aromatic rings. The Hall–Kier alpha value is -3.22. The topological polar surface area (TPSA) is 80.2 Å². The number of aromatic carboxylic acids is 1. The van der Waals surface area contributed by atoms with Crippen LogP contribution in [0.5, 0.6) is 11.5 Å². The monoisotopic (exact) mass is 458 g/mol. The molecule has 0 fully saturated rings. The van der Waals surface area contributed by atoms with E-state index in [1.807, 2.05) is 25.1 Å². The average Bonchev–Trinajstić information content (AvgIpc) is 2.75. The molecule has 0 aliphatic rings. The van der Waals surface area contributed by atoms with Crippen LogP contribution in [0.4, 0.5) is 5.69 Å². The van der Waals surface area contributed by atoms with Crippen LogP contribution < -0.4 is 14.9 Å². The Morgan fingerprint density at radius 2 is 1.81 bits per heavy atom. The van der Waals surface area contributed by atoms with Gasteiger partial charge in [0.15, 0.2) is 11.5 Å². The number of hydrogen-bond donors (Lipinski definition) is 2. The summed E-state index contributed by atoms with van der Waals surface area (Å²) >= 11 is 12.1. The van der Waals surface area contributed by atoms with Crippen molar-refractivity contribution in [3.8, 4) is 11.5 Å². The van der Waals surface area contributed by atoms with Crippen molar-refractivity contribution < 1.29 is 19.4 Å². The third-order valence-corrected chi connectivity index (χ3v) is 4.79. The van der Waals surface area contributed by atoms with Crippen LogP contribution in [-0.2, 0) is 6.61 Å². The third-order valence-electron chi connectivity index (χ3n) is 4.21. The van der Waals surface area contributed by atoms with Crippen LogP contribution in [0.2, 0.25) is 10.0 Å². The summed E-state index contributed by atoms with van der Waals surface area (Å²) in [6, 6.07) is 17.0. The quantitative estimate of drug-likeness (QED) is 0.298. The Kier molecular flexibility index (Phi) is 7.76. The molecule has 0 aromatic heterocycles. The molecule has 2 N–H and O–H groups in total. The molecule has 0 heterocycles. The predicted molar refractivity (Wildman–Crippen MR) is 123 cm³/mol. The van der Waals surface area contributed by atoms with E-state index in [1.165, 1.54) is 12.1 Å². The first-order valence-corrected chi connectivity index (χ1v) is 10.2. The molecule has 0 atom stereocenters. The Morgan fingerprint density at radius 3 is 2.48 bits per heavy atom. The highest BCUT2D eigenvalue weighted by Gasteiger charge is 2.08. The lowest BCUT2D eigenvalue weighted by Gasteiger charge is -2.13. The number of hydrogen-bond acceptors (Lipinski definition) is 5. The maximum absolute atomic E-state index is 10.9. The van der Waals surface area contributed by atoms with Crippen molar-refractivity contribution in [2.75, 3.05) is 12.0 Å². The molecular formula is C23H20Cl2N2O4. The number of ether oxygens (including phenoxy) is 2. The molecular weight excluding hydrogens is 439 g/mol. The maximum atomic E-state index is 10.9. The van der Waals surface area contributed by atoms with Crippen molar-refractivity contribution in [3.63, 3.8) is 0 Å². The minimum atomic E-state index is -0.973. The van der Waals surface area contributed by atoms with E-state index in [9.17, 15) is 4.79 Å². The van der Waals surface area contributed by atoms with Gasteiger partial charge in [0, 0.05) is 15.6 Å². The zero-order valence-corrected chi connectivity index (χ0v) is 18.2. The number of halogens is 2. The van der Waals surface area contributed by atoms with Gasteiger partial charge in [-0.15, -0.1) is 0 Å². The van der Waals surface area contributed by atoms with Gasteiger partial charge >= 0.3 is 5.97 Å². The van der Waals surface area contributed by atoms with Gasteiger partial charge in [0.1, 0.15) is 6.61 Å². The summed E-state index contributed by atoms with van der Waals surface area (Å²) < 4.78 is 11.6. The normalized spacial score (nSPS) is 10.8. The Labute approximate surface area is 190 Å². The van der Waals surface area contributed by atoms with Gasteiger partial charge in [-0.05, 0) is 67.1 Å². The Morgan fingerprint density at radius 1 is 1.03 bits per heavy atom. The molecule has 0 bridgehead atoms. The van der Waals surface area contributed by atoms with Crippen molar-refractivity contribution in [2.24, 2.45) is 5.10 Å². The van der Waals surface area contributed by atoms with Crippen molar-refractivity contribution in [1.82, 2.24) is 0 Å². The van der Waals surface area contributed by atoms with E-state index >= 15 is 0 Å². The lowest BCUT2D eigenvalue weighted by molar-refractivity contribution is 0.0697. The fourth-order valence-electron chi connectivity index (χ4n) is 2.66. The average molecular weight is 459 g/mol. The first-order valence-electron chi connectivity index (χ1n) is 9.42. The number of nitrogens with one attached hydrogen (secondary N) is 1. The maximum Gasteiger partial charge on any atom is 0.335 e. The molecule has 0 radical (unpaired) electrons. The highest BCUT2D eigenvalue weighted by atomic mass is 35.5. The van der Waals surface area contributed by atoms with Crippen LogP contribution in [0.15, 0.2) is 65.8 Å². The SMILES string of the molecule is CCOc1cc(C=NNc2ccc(C(=O)O)cc2)ccc1OCc1ccc(Cl)cc1Cl. The predicted octanol–water partition coefficient (Wildman–Crippen LogP) is 6.12. The number of hydrazone groups is 1. The zero-order valence-electron chi connectivity index (χ0n) is 16.6. The van der Waals surface area contributed by atoms with Gasteiger partial charge in [-0.1, -0.05) is 29.3 Å². The highest BCUT2D eigenvalue weighted by molar-refractivity contribution is 6.35. The molecule has 0 unspecified atom stereocenters. The van der Waals surface area contributed by atoms with Crippen LogP contribution >= 0.6 is 23.2 Å². The summed E-state index contributed by atoms with van der Waals surface area (Å²) in [6.45, 7) is 2.65. The summed E-state index contributed by atoms with van der Waals surface area (Å²) in [5, 5.41) is 14.2. The standard InChI is InChI=1S/C23H20Cl2N2O4/c1-2-30-22-11-15(13-26-27-19-8-5-16(6-9-19)23(28)29)3-10-21(22)31-14-17-4-7-18(24)12-20(17)25/h3-13,27H,2,14H2,1H3,(H,28,29). The van der Waals surface area contributed by atoms with Crippen molar-refractivity contribution >= 4 is 41.1 Å². The van der Waals surface area contributed by atoms with E-state index in [1.54, 1.807) is 36.5 Å². The number of nitrogens with zero attached hydrogens (tertiary/aromatic N) is 1. The van der Waals surface area contributed by atoms with Crippen molar-refractivity contribution in [1.29, 1.82) is 0 Å². The van der Waals surface area contributed by atoms with Crippen LogP contribution in [0.3, 0.4) is 0 Å². The molecule has 0 spiro atoms. The van der Waals surface area contributed by atoms with Gasteiger partial charge in [-0.2, -0.15) is 5.10 Å². The minimum Gasteiger partial charge on any atom is -0.490 e. The fourth-order valence-corrected chi connectivity index (χ4v) is 3.12. The summed E-state index contributed by atoms with van der Waals surface area (Å²) in [6.07, 6.45) is 1.63. The van der Waals surface area contributed by atoms with Gasteiger partial charge in [0.05, 0.1) is 24.1 Å². The molecule has 0 aliphatic heterocycles. The smallest absolute Gasteiger partial charge is 0.335 e. The first kappa shape index (κ1) is 22.5. The molecule has 3 aromatic carbocycles. The van der Waals surface area contributed by atoms with Gasteiger partial charge in [0.25, 0.3) is 0 Å². The van der Waals surface area contributed by atoms with E-state index in [-0.39, 0.29) is 12.2 Å². The van der Waals surface area contributed by atoms with Gasteiger partial charge in [0.2, 0.25) is 0 Å². The van der Waals surface area contributed by atoms with E-state index in [0.29, 0.717) is 33.8 Å². The second kappa shape index (κ2) is 10.7. The highest BCUT2D eigenvalue weighted by Crippen LogP contribution is 2.30. The number of carboxylic acid groups (broad SMARTS) is 1. The lowest BCUT2D eigenvalue weighted by Crippen LogP contribution is -2.01. The largest absolute Gasteiger partial charge is 0.490 e. The van der Waals surface area contributed by atoms with Gasteiger partial charge < -0.3 is 14.6 Å². The first-order chi connectivity index (χ1) is 15.0. The van der Waals surface area contributed by atoms with Crippen LogP contribution in [0.25, 0.3) is 0 Å². The van der Waals surface area contributed by atoms with Crippen LogP contribution in [0, 0.1) is 0 Å². The van der Waals surface area contributed by atoms with Crippen LogP contribution in [0.1, 0.15) is 28.4 Å². The summed E-state index contributed by atoms with van der Waals surface area (Å²) in [5.41, 5.74) is 5.37. The van der Waals surface area contributed by atoms with Gasteiger partial charge in [-0.25, -0.2) is 4.79 Å². The van der Waals surface area contributed by atoms with Crippen molar-refractivity contribution in [2.45, 2.75) is 13.5 Å². The zero-order chi connectivity index (χ0) is 22.2. The fraction of sp³-hybridized carbons (Fsp3) is 0.130. The third kappa shape index (κ3) is 6.38. The number of rotatable bonds is 9. The second-order valence-electron chi connectivity index (χ2n) is 6.42. The molecule has 0 amide bonds. The van der Waals surface area contributed by atoms with Crippen molar-refractivity contribution in [3.05, 3.63) is 87.4 Å². The molecule has 8 heteroatoms. The number of benzene rings is 3. The molecule has 3 rings (SSSR count). The number of anilines is 1. The summed E-state index contributed by atoms with van der Waals surface area (Å²) in [4.78, 5) is 10.9. The number of carboxylic acids is 1. The molecule has 0 saturated carbocycles. The lowest BCUT2D eigenvalue weighted by atomic mass is 10.2. The molecule has 0 aliphatic carbocycles. The second-order valence-corrected chi connectivity index (χ2v) is 7.26. The Bertz CT molecular complexity index is 1090. The summed E-state index contributed by atoms with van der Waals surface area (Å²) in [7, 11) is 0. The minimum absolute atomic E-state index is 0.214.